The number of carboxylic acid groups (broad SMARTS) is 1. The molecule has 0 bridgehead atoms. The van der Waals surface area contributed by atoms with Gasteiger partial charge in [-0.25, -0.2) is 4.79 Å². The van der Waals surface area contributed by atoms with Gasteiger partial charge in [-0.1, -0.05) is 6.92 Å². The number of urea groups is 1. The van der Waals surface area contributed by atoms with Gasteiger partial charge in [-0.05, 0) is 12.3 Å². The molecule has 0 spiro atoms. The third-order valence-electron chi connectivity index (χ3n) is 4.85. The Hall–Kier alpha value is -2.64. The molecular formula is C19H29N3O5. The number of hydrogen-bond donors (Lipinski definition) is 2. The molecule has 1 aromatic carbocycles. The second kappa shape index (κ2) is 9.34. The van der Waals surface area contributed by atoms with E-state index in [4.69, 9.17) is 14.6 Å². The Kier molecular flexibility index (Phi) is 7.15. The van der Waals surface area contributed by atoms with Crippen LogP contribution in [0.15, 0.2) is 18.2 Å². The zero-order chi connectivity index (χ0) is 20.0. The number of carboxylic acids is 1. The number of carbonyl (C=O) groups excluding carboxylic acids is 1. The quantitative estimate of drug-likeness (QED) is 0.717. The van der Waals surface area contributed by atoms with Crippen LogP contribution in [0.4, 0.5) is 10.5 Å². The summed E-state index contributed by atoms with van der Waals surface area (Å²) in [5.41, 5.74) is 1.03. The Balaban J connectivity index is 1.86. The highest BCUT2D eigenvalue weighted by Crippen LogP contribution is 2.31. The number of hydrogen-bond acceptors (Lipinski definition) is 5. The number of methoxy groups -OCH3 is 2. The summed E-state index contributed by atoms with van der Waals surface area (Å²) < 4.78 is 10.7. The lowest BCUT2D eigenvalue weighted by Crippen LogP contribution is -2.42. The van der Waals surface area contributed by atoms with E-state index in [9.17, 15) is 9.59 Å². The normalized spacial score (nSPS) is 17.3. The predicted molar refractivity (Wildman–Crippen MR) is 103 cm³/mol. The van der Waals surface area contributed by atoms with Gasteiger partial charge in [0.25, 0.3) is 0 Å². The second-order valence-corrected chi connectivity index (χ2v) is 6.98. The minimum absolute atomic E-state index is 0.182. The summed E-state index contributed by atoms with van der Waals surface area (Å²) in [5, 5.41) is 11.8. The van der Waals surface area contributed by atoms with Crippen molar-refractivity contribution in [3.63, 3.8) is 0 Å². The van der Waals surface area contributed by atoms with Crippen LogP contribution in [-0.4, -0.2) is 69.5 Å². The Morgan fingerprint density at radius 3 is 2.48 bits per heavy atom. The number of nitrogens with zero attached hydrogens (tertiary/aromatic N) is 2. The summed E-state index contributed by atoms with van der Waals surface area (Å²) >= 11 is 0. The summed E-state index contributed by atoms with van der Waals surface area (Å²) in [6, 6.07) is 5.55. The van der Waals surface area contributed by atoms with Gasteiger partial charge in [-0.2, -0.15) is 0 Å². The van der Waals surface area contributed by atoms with E-state index in [1.165, 1.54) is 4.90 Å². The molecular weight excluding hydrogens is 350 g/mol. The lowest BCUT2D eigenvalue weighted by Gasteiger charge is -2.22. The zero-order valence-electron chi connectivity index (χ0n) is 16.4. The summed E-state index contributed by atoms with van der Waals surface area (Å²) in [4.78, 5) is 26.7. The van der Waals surface area contributed by atoms with Crippen LogP contribution in [-0.2, 0) is 4.79 Å². The third-order valence-corrected chi connectivity index (χ3v) is 4.85. The standard InChI is InChI=1S/C19H29N3O5/c1-13(18(23)24)11-21(2)19(25)20-10-14-5-6-22(12-14)15-7-16(26-3)9-17(8-15)27-4/h7-9,13-14H,5-6,10-12H2,1-4H3,(H,20,25)(H,23,24). The van der Waals surface area contributed by atoms with E-state index < -0.39 is 11.9 Å². The molecule has 0 radical (unpaired) electrons. The first-order chi connectivity index (χ1) is 12.8. The molecule has 1 fully saturated rings. The Labute approximate surface area is 160 Å². The van der Waals surface area contributed by atoms with Gasteiger partial charge in [0.05, 0.1) is 20.1 Å². The van der Waals surface area contributed by atoms with Crippen LogP contribution in [0.1, 0.15) is 13.3 Å². The largest absolute Gasteiger partial charge is 0.497 e. The number of nitrogens with one attached hydrogen (secondary N) is 1. The summed E-state index contributed by atoms with van der Waals surface area (Å²) in [6.07, 6.45) is 0.967. The zero-order valence-corrected chi connectivity index (χ0v) is 16.4. The van der Waals surface area contributed by atoms with Gasteiger partial charge in [0.1, 0.15) is 11.5 Å². The maximum Gasteiger partial charge on any atom is 0.317 e. The summed E-state index contributed by atoms with van der Waals surface area (Å²) in [6.45, 7) is 4.04. The molecule has 1 saturated heterocycles. The molecule has 1 aliphatic rings. The van der Waals surface area contributed by atoms with Crippen molar-refractivity contribution in [2.45, 2.75) is 13.3 Å². The average Bonchev–Trinajstić information content (AvgIpc) is 3.14. The number of aliphatic carboxylic acids is 1. The first-order valence-corrected chi connectivity index (χ1v) is 9.03. The molecule has 1 heterocycles. The average molecular weight is 379 g/mol. The highest BCUT2D eigenvalue weighted by Gasteiger charge is 2.25. The fourth-order valence-electron chi connectivity index (χ4n) is 3.15. The molecule has 2 atom stereocenters. The van der Waals surface area contributed by atoms with Gasteiger partial charge < -0.3 is 29.7 Å². The second-order valence-electron chi connectivity index (χ2n) is 6.98. The molecule has 27 heavy (non-hydrogen) atoms. The molecule has 1 aliphatic heterocycles. The Morgan fingerprint density at radius 2 is 1.93 bits per heavy atom. The highest BCUT2D eigenvalue weighted by molar-refractivity contribution is 5.75. The predicted octanol–water partition coefficient (Wildman–Crippen LogP) is 1.89. The molecule has 0 aliphatic carbocycles. The first kappa shape index (κ1) is 20.7. The van der Waals surface area contributed by atoms with Crippen LogP contribution in [0, 0.1) is 11.8 Å². The van der Waals surface area contributed by atoms with Crippen molar-refractivity contribution >= 4 is 17.7 Å². The minimum Gasteiger partial charge on any atom is -0.497 e. The summed E-state index contributed by atoms with van der Waals surface area (Å²) in [5.74, 6) is 0.322. The summed E-state index contributed by atoms with van der Waals surface area (Å²) in [7, 11) is 4.86. The van der Waals surface area contributed by atoms with Crippen LogP contribution in [0.25, 0.3) is 0 Å². The maximum atomic E-state index is 12.2. The van der Waals surface area contributed by atoms with Gasteiger partial charge in [0.2, 0.25) is 0 Å². The van der Waals surface area contributed by atoms with E-state index in [1.54, 1.807) is 28.2 Å². The molecule has 8 nitrogen and oxygen atoms in total. The number of benzene rings is 1. The molecule has 2 rings (SSSR count). The first-order valence-electron chi connectivity index (χ1n) is 9.03. The molecule has 2 amide bonds. The van der Waals surface area contributed by atoms with Gasteiger partial charge >= 0.3 is 12.0 Å². The van der Waals surface area contributed by atoms with Crippen LogP contribution in [0.2, 0.25) is 0 Å². The molecule has 2 N–H and O–H groups in total. The van der Waals surface area contributed by atoms with Gasteiger partial charge in [-0.3, -0.25) is 4.79 Å². The van der Waals surface area contributed by atoms with E-state index in [1.807, 2.05) is 18.2 Å². The van der Waals surface area contributed by atoms with Gasteiger partial charge in [-0.15, -0.1) is 0 Å². The van der Waals surface area contributed by atoms with E-state index in [-0.39, 0.29) is 12.6 Å². The van der Waals surface area contributed by atoms with Gasteiger partial charge in [0.15, 0.2) is 0 Å². The van der Waals surface area contributed by atoms with Crippen molar-refractivity contribution in [1.29, 1.82) is 0 Å². The van der Waals surface area contributed by atoms with Crippen molar-refractivity contribution < 1.29 is 24.2 Å². The smallest absolute Gasteiger partial charge is 0.317 e. The van der Waals surface area contributed by atoms with E-state index in [0.29, 0.717) is 12.5 Å². The fourth-order valence-corrected chi connectivity index (χ4v) is 3.15. The van der Waals surface area contributed by atoms with Crippen molar-refractivity contribution in [3.05, 3.63) is 18.2 Å². The van der Waals surface area contributed by atoms with Crippen LogP contribution < -0.4 is 19.7 Å². The number of carbonyl (C=O) groups is 2. The van der Waals surface area contributed by atoms with Crippen LogP contribution >= 0.6 is 0 Å². The number of anilines is 1. The molecule has 2 unspecified atom stereocenters. The van der Waals surface area contributed by atoms with Crippen molar-refractivity contribution in [2.24, 2.45) is 11.8 Å². The Morgan fingerprint density at radius 1 is 1.30 bits per heavy atom. The fraction of sp³-hybridized carbons (Fsp3) is 0.579. The van der Waals surface area contributed by atoms with Crippen LogP contribution in [0.3, 0.4) is 0 Å². The van der Waals surface area contributed by atoms with E-state index in [2.05, 4.69) is 10.2 Å². The maximum absolute atomic E-state index is 12.2. The minimum atomic E-state index is -0.908. The van der Waals surface area contributed by atoms with E-state index in [0.717, 1.165) is 36.7 Å². The number of amides is 2. The van der Waals surface area contributed by atoms with Gasteiger partial charge in [0, 0.05) is 57.1 Å². The Bertz CT molecular complexity index is 644. The third kappa shape index (κ3) is 5.67. The lowest BCUT2D eigenvalue weighted by atomic mass is 10.1. The SMILES string of the molecule is COc1cc(OC)cc(N2CCC(CNC(=O)N(C)CC(C)C(=O)O)C2)c1. The molecule has 0 aromatic heterocycles. The van der Waals surface area contributed by atoms with Crippen molar-refractivity contribution in [1.82, 2.24) is 10.2 Å². The van der Waals surface area contributed by atoms with Crippen molar-refractivity contribution in [2.75, 3.05) is 52.3 Å². The van der Waals surface area contributed by atoms with Crippen molar-refractivity contribution in [3.8, 4) is 11.5 Å². The van der Waals surface area contributed by atoms with E-state index >= 15 is 0 Å². The monoisotopic (exact) mass is 379 g/mol. The molecule has 1 aromatic rings. The number of ether oxygens (including phenoxy) is 2. The molecule has 0 saturated carbocycles. The topological polar surface area (TPSA) is 91.3 Å². The lowest BCUT2D eigenvalue weighted by molar-refractivity contribution is -0.141. The highest BCUT2D eigenvalue weighted by atomic mass is 16.5. The molecule has 150 valence electrons. The van der Waals surface area contributed by atoms with Crippen LogP contribution in [0.5, 0.6) is 11.5 Å². The number of rotatable bonds is 8. The molecule has 8 heteroatoms.